The number of nitrogens with one attached hydrogen (secondary N) is 1. The van der Waals surface area contributed by atoms with Crippen molar-refractivity contribution in [2.75, 3.05) is 5.32 Å². The standard InChI is InChI=1S/C16H14ClN3O3S/c1-8-6-9(15(18)21)2-3-10(8)19-16(22)12-7-11(20-23-12)13-4-5-14(17)24-13/h2-6,12H,7H2,1H3,(H2,18,21)(H,19,22). The van der Waals surface area contributed by atoms with E-state index in [2.05, 4.69) is 10.5 Å². The maximum atomic E-state index is 12.3. The largest absolute Gasteiger partial charge is 0.382 e. The van der Waals surface area contributed by atoms with Crippen LogP contribution in [0.1, 0.15) is 27.2 Å². The summed E-state index contributed by atoms with van der Waals surface area (Å²) < 4.78 is 0.658. The van der Waals surface area contributed by atoms with E-state index in [-0.39, 0.29) is 5.91 Å². The number of hydrogen-bond donors (Lipinski definition) is 2. The average molecular weight is 364 g/mol. The highest BCUT2D eigenvalue weighted by Gasteiger charge is 2.29. The number of carbonyl (C=O) groups is 2. The first-order valence-electron chi connectivity index (χ1n) is 7.14. The molecule has 124 valence electrons. The fourth-order valence-corrected chi connectivity index (χ4v) is 3.34. The topological polar surface area (TPSA) is 93.8 Å². The van der Waals surface area contributed by atoms with E-state index in [4.69, 9.17) is 22.2 Å². The fraction of sp³-hybridized carbons (Fsp3) is 0.188. The third-order valence-electron chi connectivity index (χ3n) is 3.59. The van der Waals surface area contributed by atoms with Gasteiger partial charge in [0.2, 0.25) is 12.0 Å². The number of hydrogen-bond acceptors (Lipinski definition) is 5. The van der Waals surface area contributed by atoms with E-state index in [1.807, 2.05) is 6.07 Å². The van der Waals surface area contributed by atoms with Crippen LogP contribution in [0.25, 0.3) is 0 Å². The van der Waals surface area contributed by atoms with Gasteiger partial charge in [-0.2, -0.15) is 0 Å². The SMILES string of the molecule is Cc1cc(C(N)=O)ccc1NC(=O)C1CC(c2ccc(Cl)s2)=NO1. The molecule has 0 radical (unpaired) electrons. The van der Waals surface area contributed by atoms with Crippen LogP contribution in [0, 0.1) is 6.92 Å². The number of aryl methyl sites for hydroxylation is 1. The lowest BCUT2D eigenvalue weighted by molar-refractivity contribution is -0.125. The number of oxime groups is 1. The molecule has 1 aromatic carbocycles. The molecule has 6 nitrogen and oxygen atoms in total. The Labute approximate surface area is 147 Å². The summed E-state index contributed by atoms with van der Waals surface area (Å²) in [6, 6.07) is 8.46. The predicted octanol–water partition coefficient (Wildman–Crippen LogP) is 2.94. The van der Waals surface area contributed by atoms with Crippen molar-refractivity contribution in [3.63, 3.8) is 0 Å². The second kappa shape index (κ2) is 6.62. The van der Waals surface area contributed by atoms with Gasteiger partial charge >= 0.3 is 0 Å². The first kappa shape index (κ1) is 16.5. The van der Waals surface area contributed by atoms with Gasteiger partial charge in [-0.1, -0.05) is 16.8 Å². The Morgan fingerprint density at radius 1 is 1.38 bits per heavy atom. The molecule has 0 bridgehead atoms. The van der Waals surface area contributed by atoms with Crippen molar-refractivity contribution in [3.05, 3.63) is 50.7 Å². The molecule has 8 heteroatoms. The van der Waals surface area contributed by atoms with Gasteiger partial charge in [-0.3, -0.25) is 9.59 Å². The van der Waals surface area contributed by atoms with Crippen LogP contribution in [0.5, 0.6) is 0 Å². The first-order valence-corrected chi connectivity index (χ1v) is 8.33. The van der Waals surface area contributed by atoms with Crippen LogP contribution in [0.4, 0.5) is 5.69 Å². The van der Waals surface area contributed by atoms with Gasteiger partial charge in [0, 0.05) is 17.7 Å². The van der Waals surface area contributed by atoms with Crippen molar-refractivity contribution in [2.24, 2.45) is 10.9 Å². The van der Waals surface area contributed by atoms with Crippen LogP contribution in [0.15, 0.2) is 35.5 Å². The Hall–Kier alpha value is -2.38. The number of nitrogens with two attached hydrogens (primary N) is 1. The summed E-state index contributed by atoms with van der Waals surface area (Å²) in [5.41, 5.74) is 7.67. The van der Waals surface area contributed by atoms with Gasteiger partial charge < -0.3 is 15.9 Å². The van der Waals surface area contributed by atoms with Crippen LogP contribution in [0.3, 0.4) is 0 Å². The molecule has 2 aromatic rings. The van der Waals surface area contributed by atoms with E-state index in [1.54, 1.807) is 31.2 Å². The Balaban J connectivity index is 1.65. The molecule has 1 aliphatic rings. The van der Waals surface area contributed by atoms with E-state index < -0.39 is 12.0 Å². The molecule has 1 aromatic heterocycles. The lowest BCUT2D eigenvalue weighted by atomic mass is 10.1. The number of primary amides is 1. The highest BCUT2D eigenvalue weighted by atomic mass is 35.5. The summed E-state index contributed by atoms with van der Waals surface area (Å²) >= 11 is 7.30. The number of carbonyl (C=O) groups excluding carboxylic acids is 2. The van der Waals surface area contributed by atoms with Gasteiger partial charge in [0.25, 0.3) is 5.91 Å². The maximum Gasteiger partial charge on any atom is 0.268 e. The van der Waals surface area contributed by atoms with Crippen molar-refractivity contribution >= 4 is 46.2 Å². The third kappa shape index (κ3) is 3.42. The lowest BCUT2D eigenvalue weighted by Crippen LogP contribution is -2.28. The van der Waals surface area contributed by atoms with Crippen molar-refractivity contribution in [3.8, 4) is 0 Å². The molecule has 1 unspecified atom stereocenters. The Kier molecular flexibility index (Phi) is 4.55. The molecule has 0 saturated carbocycles. The molecule has 24 heavy (non-hydrogen) atoms. The molecule has 0 aliphatic carbocycles. The first-order chi connectivity index (χ1) is 11.4. The number of anilines is 1. The Bertz CT molecular complexity index is 847. The molecule has 1 aliphatic heterocycles. The molecule has 3 rings (SSSR count). The smallest absolute Gasteiger partial charge is 0.268 e. The predicted molar refractivity (Wildman–Crippen MR) is 93.7 cm³/mol. The number of nitrogens with zero attached hydrogens (tertiary/aromatic N) is 1. The summed E-state index contributed by atoms with van der Waals surface area (Å²) in [7, 11) is 0. The monoisotopic (exact) mass is 363 g/mol. The van der Waals surface area contributed by atoms with Crippen LogP contribution >= 0.6 is 22.9 Å². The van der Waals surface area contributed by atoms with Crippen molar-refractivity contribution in [1.29, 1.82) is 0 Å². The summed E-state index contributed by atoms with van der Waals surface area (Å²) in [6.45, 7) is 1.78. The number of amides is 2. The summed E-state index contributed by atoms with van der Waals surface area (Å²) in [5, 5.41) is 6.75. The van der Waals surface area contributed by atoms with E-state index in [1.165, 1.54) is 11.3 Å². The second-order valence-electron chi connectivity index (χ2n) is 5.32. The van der Waals surface area contributed by atoms with E-state index >= 15 is 0 Å². The molecule has 1 atom stereocenters. The molecular formula is C16H14ClN3O3S. The molecule has 3 N–H and O–H groups in total. The van der Waals surface area contributed by atoms with Gasteiger partial charge in [0.15, 0.2) is 0 Å². The van der Waals surface area contributed by atoms with Gasteiger partial charge in [-0.15, -0.1) is 11.3 Å². The van der Waals surface area contributed by atoms with Crippen molar-refractivity contribution < 1.29 is 14.4 Å². The molecule has 2 amide bonds. The molecule has 0 saturated heterocycles. The van der Waals surface area contributed by atoms with Crippen LogP contribution in [-0.4, -0.2) is 23.6 Å². The van der Waals surface area contributed by atoms with Gasteiger partial charge in [0.1, 0.15) is 5.71 Å². The fourth-order valence-electron chi connectivity index (χ4n) is 2.30. The molecule has 2 heterocycles. The summed E-state index contributed by atoms with van der Waals surface area (Å²) in [6.07, 6.45) is -0.322. The minimum Gasteiger partial charge on any atom is -0.382 e. The van der Waals surface area contributed by atoms with Crippen LogP contribution in [0.2, 0.25) is 4.34 Å². The minimum absolute atomic E-state index is 0.300. The quantitative estimate of drug-likeness (QED) is 0.874. The van der Waals surface area contributed by atoms with Crippen molar-refractivity contribution in [2.45, 2.75) is 19.4 Å². The molecular weight excluding hydrogens is 350 g/mol. The number of rotatable bonds is 4. The lowest BCUT2D eigenvalue weighted by Gasteiger charge is -2.12. The van der Waals surface area contributed by atoms with Gasteiger partial charge in [-0.25, -0.2) is 0 Å². The van der Waals surface area contributed by atoms with Crippen LogP contribution < -0.4 is 11.1 Å². The number of benzene rings is 1. The average Bonchev–Trinajstić information content (AvgIpc) is 3.17. The highest BCUT2D eigenvalue weighted by molar-refractivity contribution is 7.18. The zero-order valence-electron chi connectivity index (χ0n) is 12.7. The van der Waals surface area contributed by atoms with E-state index in [9.17, 15) is 9.59 Å². The normalized spacial score (nSPS) is 16.4. The summed E-state index contributed by atoms with van der Waals surface area (Å²) in [4.78, 5) is 29.6. The number of thiophene rings is 1. The minimum atomic E-state index is -0.698. The second-order valence-corrected chi connectivity index (χ2v) is 7.04. The maximum absolute atomic E-state index is 12.3. The molecule has 0 spiro atoms. The molecule has 0 fully saturated rings. The highest BCUT2D eigenvalue weighted by Crippen LogP contribution is 2.27. The van der Waals surface area contributed by atoms with E-state index in [0.29, 0.717) is 27.7 Å². The van der Waals surface area contributed by atoms with Gasteiger partial charge in [-0.05, 0) is 42.8 Å². The summed E-state index contributed by atoms with van der Waals surface area (Å²) in [5.74, 6) is -0.811. The number of halogens is 1. The van der Waals surface area contributed by atoms with E-state index in [0.717, 1.165) is 10.4 Å². The Morgan fingerprint density at radius 3 is 2.79 bits per heavy atom. The van der Waals surface area contributed by atoms with Crippen molar-refractivity contribution in [1.82, 2.24) is 0 Å². The third-order valence-corrected chi connectivity index (χ3v) is 4.87. The zero-order valence-corrected chi connectivity index (χ0v) is 14.3. The van der Waals surface area contributed by atoms with Gasteiger partial charge in [0.05, 0.1) is 9.21 Å². The Morgan fingerprint density at radius 2 is 2.17 bits per heavy atom. The van der Waals surface area contributed by atoms with Crippen LogP contribution in [-0.2, 0) is 9.63 Å². The zero-order chi connectivity index (χ0) is 17.3.